The van der Waals surface area contributed by atoms with Gasteiger partial charge < -0.3 is 9.84 Å². The number of fused-ring (bicyclic) bond motifs is 1. The number of benzene rings is 2. The highest BCUT2D eigenvalue weighted by molar-refractivity contribution is 5.86. The van der Waals surface area contributed by atoms with Gasteiger partial charge in [-0.3, -0.25) is 4.40 Å². The first kappa shape index (κ1) is 15.1. The van der Waals surface area contributed by atoms with Crippen LogP contribution in [0.25, 0.3) is 28.2 Å². The summed E-state index contributed by atoms with van der Waals surface area (Å²) in [5.41, 5.74) is 4.26. The smallest absolute Gasteiger partial charge is 0.255 e. The fourth-order valence-corrected chi connectivity index (χ4v) is 3.07. The second-order valence-corrected chi connectivity index (χ2v) is 5.73. The van der Waals surface area contributed by atoms with Crippen LogP contribution in [0, 0.1) is 6.92 Å². The van der Waals surface area contributed by atoms with Crippen LogP contribution >= 0.6 is 0 Å². The van der Waals surface area contributed by atoms with Gasteiger partial charge in [0.1, 0.15) is 17.8 Å². The monoisotopic (exact) mass is 332 g/mol. The van der Waals surface area contributed by atoms with Crippen molar-refractivity contribution in [3.63, 3.8) is 0 Å². The van der Waals surface area contributed by atoms with E-state index in [1.54, 1.807) is 25.7 Å². The fraction of sp³-hybridized carbons (Fsp3) is 0.105. The van der Waals surface area contributed by atoms with Gasteiger partial charge in [0.2, 0.25) is 0 Å². The molecule has 1 N–H and O–H groups in total. The van der Waals surface area contributed by atoms with Crippen molar-refractivity contribution in [3.05, 3.63) is 60.6 Å². The van der Waals surface area contributed by atoms with Crippen molar-refractivity contribution in [2.45, 2.75) is 6.92 Å². The molecule has 0 atom stereocenters. The van der Waals surface area contributed by atoms with Crippen molar-refractivity contribution in [2.75, 3.05) is 7.11 Å². The Kier molecular flexibility index (Phi) is 3.57. The number of hydrogen-bond acceptors (Lipinski definition) is 5. The fourth-order valence-electron chi connectivity index (χ4n) is 3.07. The minimum Gasteiger partial charge on any atom is -0.507 e. The third kappa shape index (κ3) is 2.48. The lowest BCUT2D eigenvalue weighted by Crippen LogP contribution is -1.99. The molecular weight excluding hydrogens is 316 g/mol. The van der Waals surface area contributed by atoms with Gasteiger partial charge in [0.25, 0.3) is 5.78 Å². The first-order valence-corrected chi connectivity index (χ1v) is 7.81. The van der Waals surface area contributed by atoms with Crippen LogP contribution in [0.15, 0.2) is 55.0 Å². The maximum atomic E-state index is 10.6. The summed E-state index contributed by atoms with van der Waals surface area (Å²) in [4.78, 5) is 4.38. The molecule has 0 fully saturated rings. The highest BCUT2D eigenvalue weighted by Crippen LogP contribution is 2.40. The topological polar surface area (TPSA) is 72.5 Å². The van der Waals surface area contributed by atoms with E-state index < -0.39 is 0 Å². The number of rotatable bonds is 3. The van der Waals surface area contributed by atoms with Crippen LogP contribution in [0.4, 0.5) is 0 Å². The lowest BCUT2D eigenvalue weighted by Gasteiger charge is -2.16. The molecule has 0 aliphatic rings. The first-order valence-electron chi connectivity index (χ1n) is 7.81. The Morgan fingerprint density at radius 3 is 2.64 bits per heavy atom. The number of aromatic hydroxyl groups is 1. The predicted octanol–water partition coefficient (Wildman–Crippen LogP) is 3.48. The van der Waals surface area contributed by atoms with Gasteiger partial charge in [-0.2, -0.15) is 0 Å². The Morgan fingerprint density at radius 2 is 1.92 bits per heavy atom. The lowest BCUT2D eigenvalue weighted by atomic mass is 9.96. The number of hydrogen-bond donors (Lipinski definition) is 1. The van der Waals surface area contributed by atoms with Gasteiger partial charge >= 0.3 is 0 Å². The Morgan fingerprint density at radius 1 is 1.12 bits per heavy atom. The molecule has 6 nitrogen and oxygen atoms in total. The number of methoxy groups -OCH3 is 1. The van der Waals surface area contributed by atoms with Gasteiger partial charge in [-0.05, 0) is 24.1 Å². The van der Waals surface area contributed by atoms with Gasteiger partial charge in [-0.15, -0.1) is 10.2 Å². The SMILES string of the molecule is COc1cc(C)c(-c2cnc3nncn3c2-c2ccccc2)c(O)c1. The second kappa shape index (κ2) is 5.90. The van der Waals surface area contributed by atoms with Gasteiger partial charge in [0, 0.05) is 23.4 Å². The molecule has 25 heavy (non-hydrogen) atoms. The zero-order valence-corrected chi connectivity index (χ0v) is 13.8. The number of aryl methyl sites for hydroxylation is 1. The van der Waals surface area contributed by atoms with E-state index in [0.29, 0.717) is 17.1 Å². The molecule has 0 aliphatic carbocycles. The summed E-state index contributed by atoms with van der Waals surface area (Å²) in [7, 11) is 1.58. The molecule has 6 heteroatoms. The van der Waals surface area contributed by atoms with Gasteiger partial charge in [-0.1, -0.05) is 30.3 Å². The van der Waals surface area contributed by atoms with Crippen molar-refractivity contribution in [2.24, 2.45) is 0 Å². The van der Waals surface area contributed by atoms with Crippen LogP contribution in [0.2, 0.25) is 0 Å². The summed E-state index contributed by atoms with van der Waals surface area (Å²) >= 11 is 0. The molecule has 2 aromatic heterocycles. The highest BCUT2D eigenvalue weighted by atomic mass is 16.5. The van der Waals surface area contributed by atoms with Crippen LogP contribution in [0.1, 0.15) is 5.56 Å². The van der Waals surface area contributed by atoms with Crippen molar-refractivity contribution in [3.8, 4) is 33.9 Å². The number of phenolic OH excluding ortho intramolecular Hbond substituents is 1. The minimum atomic E-state index is 0.142. The molecule has 0 aliphatic heterocycles. The van der Waals surface area contributed by atoms with Gasteiger partial charge in [0.15, 0.2) is 0 Å². The van der Waals surface area contributed by atoms with E-state index in [1.807, 2.05) is 47.7 Å². The van der Waals surface area contributed by atoms with Crippen molar-refractivity contribution in [1.29, 1.82) is 0 Å². The molecule has 0 saturated heterocycles. The van der Waals surface area contributed by atoms with Crippen molar-refractivity contribution >= 4 is 5.78 Å². The van der Waals surface area contributed by atoms with E-state index in [2.05, 4.69) is 15.2 Å². The Labute approximate surface area is 144 Å². The maximum absolute atomic E-state index is 10.6. The molecule has 0 spiro atoms. The number of phenols is 1. The molecule has 0 saturated carbocycles. The number of nitrogens with zero attached hydrogens (tertiary/aromatic N) is 4. The summed E-state index contributed by atoms with van der Waals surface area (Å²) in [6, 6.07) is 13.4. The molecule has 4 rings (SSSR count). The van der Waals surface area contributed by atoms with E-state index in [-0.39, 0.29) is 5.75 Å². The van der Waals surface area contributed by atoms with Crippen LogP contribution < -0.4 is 4.74 Å². The van der Waals surface area contributed by atoms with Crippen molar-refractivity contribution < 1.29 is 9.84 Å². The summed E-state index contributed by atoms with van der Waals surface area (Å²) in [5.74, 6) is 1.26. The average molecular weight is 332 g/mol. The van der Waals surface area contributed by atoms with E-state index in [1.165, 1.54) is 0 Å². The molecule has 0 amide bonds. The predicted molar refractivity (Wildman–Crippen MR) is 94.6 cm³/mol. The van der Waals surface area contributed by atoms with Crippen molar-refractivity contribution in [1.82, 2.24) is 19.6 Å². The average Bonchev–Trinajstić information content (AvgIpc) is 3.10. The largest absolute Gasteiger partial charge is 0.507 e. The van der Waals surface area contributed by atoms with E-state index in [4.69, 9.17) is 4.74 Å². The van der Waals surface area contributed by atoms with Gasteiger partial charge in [-0.25, -0.2) is 4.98 Å². The molecule has 0 bridgehead atoms. The molecule has 2 heterocycles. The van der Waals surface area contributed by atoms with Crippen LogP contribution in [-0.4, -0.2) is 31.8 Å². The molecule has 2 aromatic carbocycles. The van der Waals surface area contributed by atoms with E-state index in [0.717, 1.165) is 22.4 Å². The van der Waals surface area contributed by atoms with Crippen LogP contribution in [0.3, 0.4) is 0 Å². The summed E-state index contributed by atoms with van der Waals surface area (Å²) in [6.45, 7) is 1.93. The minimum absolute atomic E-state index is 0.142. The standard InChI is InChI=1S/C19H16N4O2/c1-12-8-14(25-2)9-16(24)17(12)15-10-20-19-22-21-11-23(19)18(15)13-6-4-3-5-7-13/h3-11,24H,1-2H3. The first-order chi connectivity index (χ1) is 12.2. The number of ether oxygens (including phenoxy) is 1. The molecule has 0 unspecified atom stereocenters. The summed E-state index contributed by atoms with van der Waals surface area (Å²) < 4.78 is 7.07. The zero-order valence-electron chi connectivity index (χ0n) is 13.8. The zero-order chi connectivity index (χ0) is 17.4. The quantitative estimate of drug-likeness (QED) is 0.622. The van der Waals surface area contributed by atoms with E-state index in [9.17, 15) is 5.11 Å². The molecule has 0 radical (unpaired) electrons. The Balaban J connectivity index is 2.07. The Bertz CT molecular complexity index is 1030. The molecule has 4 aromatic rings. The maximum Gasteiger partial charge on any atom is 0.255 e. The van der Waals surface area contributed by atoms with Crippen LogP contribution in [-0.2, 0) is 0 Å². The second-order valence-electron chi connectivity index (χ2n) is 5.73. The third-order valence-corrected chi connectivity index (χ3v) is 4.18. The van der Waals surface area contributed by atoms with E-state index >= 15 is 0 Å². The normalized spacial score (nSPS) is 11.0. The Hall–Kier alpha value is -3.41. The van der Waals surface area contributed by atoms with Gasteiger partial charge in [0.05, 0.1) is 12.8 Å². The summed E-state index contributed by atoms with van der Waals surface area (Å²) in [6.07, 6.45) is 3.35. The molecule has 124 valence electrons. The third-order valence-electron chi connectivity index (χ3n) is 4.18. The van der Waals surface area contributed by atoms with Crippen LogP contribution in [0.5, 0.6) is 11.5 Å². The number of aromatic nitrogens is 4. The lowest BCUT2D eigenvalue weighted by molar-refractivity contribution is 0.407. The highest BCUT2D eigenvalue weighted by Gasteiger charge is 2.18. The molecular formula is C19H16N4O2. The summed E-state index contributed by atoms with van der Waals surface area (Å²) in [5, 5.41) is 18.6.